The van der Waals surface area contributed by atoms with E-state index in [1.165, 1.54) is 18.0 Å². The van der Waals surface area contributed by atoms with Crippen molar-refractivity contribution in [3.8, 4) is 0 Å². The van der Waals surface area contributed by atoms with Crippen molar-refractivity contribution in [1.82, 2.24) is 9.97 Å². The van der Waals surface area contributed by atoms with Gasteiger partial charge in [0.2, 0.25) is 0 Å². The number of ether oxygens (including phenoxy) is 1. The molecule has 2 aromatic rings. The largest absolute Gasteiger partial charge is 0.462 e. The quantitative estimate of drug-likeness (QED) is 0.502. The Morgan fingerprint density at radius 3 is 2.82 bits per heavy atom. The number of aromatic amines is 1. The second-order valence-corrected chi connectivity index (χ2v) is 5.98. The Balaban J connectivity index is 2.09. The number of aromatic nitrogens is 2. The minimum atomic E-state index is -0.687. The zero-order valence-electron chi connectivity index (χ0n) is 11.6. The Morgan fingerprint density at radius 2 is 2.18 bits per heavy atom. The van der Waals surface area contributed by atoms with Gasteiger partial charge in [0.15, 0.2) is 5.16 Å². The summed E-state index contributed by atoms with van der Waals surface area (Å²) in [4.78, 5) is 29.9. The lowest BCUT2D eigenvalue weighted by molar-refractivity contribution is 0.0523. The van der Waals surface area contributed by atoms with E-state index in [9.17, 15) is 9.59 Å². The molecule has 8 heteroatoms. The predicted octanol–water partition coefficient (Wildman–Crippen LogP) is 3.55. The Kier molecular flexibility index (Phi) is 5.88. The van der Waals surface area contributed by atoms with Crippen LogP contribution in [-0.2, 0) is 10.5 Å². The van der Waals surface area contributed by atoms with Crippen molar-refractivity contribution >= 4 is 40.9 Å². The summed E-state index contributed by atoms with van der Waals surface area (Å²) in [5.74, 6) is -0.175. The highest BCUT2D eigenvalue weighted by Gasteiger charge is 2.13. The number of nitrogens with zero attached hydrogens (tertiary/aromatic N) is 1. The van der Waals surface area contributed by atoms with Gasteiger partial charge >= 0.3 is 5.97 Å². The lowest BCUT2D eigenvalue weighted by atomic mass is 10.2. The number of nitrogens with one attached hydrogen (secondary N) is 1. The molecule has 0 saturated carbocycles. The molecule has 0 spiro atoms. The van der Waals surface area contributed by atoms with E-state index in [2.05, 4.69) is 9.97 Å². The van der Waals surface area contributed by atoms with Gasteiger partial charge in [-0.15, -0.1) is 0 Å². The highest BCUT2D eigenvalue weighted by molar-refractivity contribution is 7.98. The Hall–Kier alpha value is -1.50. The van der Waals surface area contributed by atoms with Gasteiger partial charge in [0.05, 0.1) is 6.61 Å². The van der Waals surface area contributed by atoms with Gasteiger partial charge in [-0.3, -0.25) is 4.79 Å². The zero-order valence-corrected chi connectivity index (χ0v) is 13.9. The normalized spacial score (nSPS) is 10.5. The lowest BCUT2D eigenvalue weighted by Gasteiger charge is -2.05. The topological polar surface area (TPSA) is 72.0 Å². The number of carbonyl (C=O) groups is 1. The molecule has 5 nitrogen and oxygen atoms in total. The van der Waals surface area contributed by atoms with E-state index in [4.69, 9.17) is 27.9 Å². The first-order valence-electron chi connectivity index (χ1n) is 6.34. The molecule has 22 heavy (non-hydrogen) atoms. The maximum absolute atomic E-state index is 11.8. The van der Waals surface area contributed by atoms with Gasteiger partial charge in [-0.1, -0.05) is 41.0 Å². The number of hydrogen-bond acceptors (Lipinski definition) is 5. The smallest absolute Gasteiger partial charge is 0.345 e. The van der Waals surface area contributed by atoms with Gasteiger partial charge in [-0.05, 0) is 24.6 Å². The molecule has 0 aliphatic heterocycles. The maximum atomic E-state index is 11.8. The molecule has 0 amide bonds. The van der Waals surface area contributed by atoms with Crippen molar-refractivity contribution in [2.45, 2.75) is 17.8 Å². The van der Waals surface area contributed by atoms with Crippen LogP contribution < -0.4 is 5.56 Å². The summed E-state index contributed by atoms with van der Waals surface area (Å²) in [6.45, 7) is 1.86. The Labute approximate surface area is 141 Å². The molecule has 0 saturated heterocycles. The van der Waals surface area contributed by atoms with E-state index in [0.29, 0.717) is 21.0 Å². The van der Waals surface area contributed by atoms with Gasteiger partial charge in [0, 0.05) is 22.0 Å². The number of thioether (sulfide) groups is 1. The van der Waals surface area contributed by atoms with E-state index in [1.807, 2.05) is 6.07 Å². The first-order chi connectivity index (χ1) is 10.5. The SMILES string of the molecule is CCOC(=O)c1cnc(SCc2ccc(Cl)cc2Cl)[nH]c1=O. The first kappa shape index (κ1) is 16.9. The van der Waals surface area contributed by atoms with Crippen molar-refractivity contribution in [2.24, 2.45) is 0 Å². The molecule has 116 valence electrons. The second kappa shape index (κ2) is 7.67. The number of carbonyl (C=O) groups excluding carboxylic acids is 1. The van der Waals surface area contributed by atoms with Gasteiger partial charge in [0.25, 0.3) is 5.56 Å². The number of hydrogen-bond donors (Lipinski definition) is 1. The molecule has 0 aliphatic rings. The van der Waals surface area contributed by atoms with Crippen LogP contribution in [0.3, 0.4) is 0 Å². The molecule has 0 bridgehead atoms. The molecular weight excluding hydrogens is 347 g/mol. The Bertz CT molecular complexity index is 749. The molecule has 0 radical (unpaired) electrons. The highest BCUT2D eigenvalue weighted by Crippen LogP contribution is 2.26. The number of esters is 1. The molecule has 1 aromatic heterocycles. The minimum absolute atomic E-state index is 0.115. The van der Waals surface area contributed by atoms with Crippen LogP contribution in [-0.4, -0.2) is 22.5 Å². The van der Waals surface area contributed by atoms with Crippen molar-refractivity contribution in [1.29, 1.82) is 0 Å². The minimum Gasteiger partial charge on any atom is -0.462 e. The summed E-state index contributed by atoms with van der Waals surface area (Å²) >= 11 is 13.2. The first-order valence-corrected chi connectivity index (χ1v) is 8.08. The van der Waals surface area contributed by atoms with Gasteiger partial charge in [-0.25, -0.2) is 9.78 Å². The summed E-state index contributed by atoms with van der Waals surface area (Å²) in [7, 11) is 0. The molecule has 1 aromatic carbocycles. The monoisotopic (exact) mass is 358 g/mol. The molecular formula is C14H12Cl2N2O3S. The third kappa shape index (κ3) is 4.25. The molecule has 1 N–H and O–H groups in total. The third-order valence-corrected chi connectivity index (χ3v) is 4.17. The summed E-state index contributed by atoms with van der Waals surface area (Å²) < 4.78 is 4.77. The number of benzene rings is 1. The van der Waals surface area contributed by atoms with Crippen LogP contribution in [0.2, 0.25) is 10.0 Å². The maximum Gasteiger partial charge on any atom is 0.345 e. The highest BCUT2D eigenvalue weighted by atomic mass is 35.5. The molecule has 0 aliphatic carbocycles. The lowest BCUT2D eigenvalue weighted by Crippen LogP contribution is -2.20. The van der Waals surface area contributed by atoms with Crippen LogP contribution in [0.15, 0.2) is 34.3 Å². The average Bonchev–Trinajstić information content (AvgIpc) is 2.46. The van der Waals surface area contributed by atoms with Crippen LogP contribution >= 0.6 is 35.0 Å². The van der Waals surface area contributed by atoms with Gasteiger partial charge in [-0.2, -0.15) is 0 Å². The fourth-order valence-corrected chi connectivity index (χ4v) is 2.98. The van der Waals surface area contributed by atoms with Gasteiger partial charge < -0.3 is 9.72 Å². The molecule has 1 heterocycles. The van der Waals surface area contributed by atoms with Crippen molar-refractivity contribution in [2.75, 3.05) is 6.61 Å². The van der Waals surface area contributed by atoms with Crippen LogP contribution in [0.4, 0.5) is 0 Å². The number of rotatable bonds is 5. The standard InChI is InChI=1S/C14H12Cl2N2O3S/c1-2-21-13(20)10-6-17-14(18-12(10)19)22-7-8-3-4-9(15)5-11(8)16/h3-6H,2,7H2,1H3,(H,17,18,19). The van der Waals surface area contributed by atoms with E-state index in [-0.39, 0.29) is 12.2 Å². The summed E-state index contributed by atoms with van der Waals surface area (Å²) in [5, 5.41) is 1.50. The predicted molar refractivity (Wildman–Crippen MR) is 86.8 cm³/mol. The summed E-state index contributed by atoms with van der Waals surface area (Å²) in [6.07, 6.45) is 1.21. The van der Waals surface area contributed by atoms with E-state index >= 15 is 0 Å². The fourth-order valence-electron chi connectivity index (χ4n) is 1.59. The average molecular weight is 359 g/mol. The van der Waals surface area contributed by atoms with E-state index in [0.717, 1.165) is 5.56 Å². The molecule has 0 fully saturated rings. The molecule has 0 unspecified atom stereocenters. The number of halogens is 2. The number of H-pyrrole nitrogens is 1. The van der Waals surface area contributed by atoms with Crippen molar-refractivity contribution in [3.63, 3.8) is 0 Å². The second-order valence-electron chi connectivity index (χ2n) is 4.18. The molecule has 0 atom stereocenters. The summed E-state index contributed by atoms with van der Waals surface area (Å²) in [6, 6.07) is 5.20. The van der Waals surface area contributed by atoms with E-state index < -0.39 is 11.5 Å². The van der Waals surface area contributed by atoms with Crippen molar-refractivity contribution in [3.05, 3.63) is 55.9 Å². The van der Waals surface area contributed by atoms with Crippen LogP contribution in [0.5, 0.6) is 0 Å². The molecule has 2 rings (SSSR count). The summed E-state index contributed by atoms with van der Waals surface area (Å²) in [5.41, 5.74) is 0.224. The fraction of sp³-hybridized carbons (Fsp3) is 0.214. The van der Waals surface area contributed by atoms with Crippen molar-refractivity contribution < 1.29 is 9.53 Å². The zero-order chi connectivity index (χ0) is 16.1. The van der Waals surface area contributed by atoms with E-state index in [1.54, 1.807) is 19.1 Å². The van der Waals surface area contributed by atoms with Crippen LogP contribution in [0.25, 0.3) is 0 Å². The Morgan fingerprint density at radius 1 is 1.41 bits per heavy atom. The van der Waals surface area contributed by atoms with Crippen LogP contribution in [0.1, 0.15) is 22.8 Å². The van der Waals surface area contributed by atoms with Gasteiger partial charge in [0.1, 0.15) is 5.56 Å². The van der Waals surface area contributed by atoms with Crippen LogP contribution in [0, 0.1) is 0 Å². The third-order valence-electron chi connectivity index (χ3n) is 2.65.